The molecule has 3 rings (SSSR count). The zero-order valence-corrected chi connectivity index (χ0v) is 23.5. The average Bonchev–Trinajstić information content (AvgIpc) is 2.99. The Balaban J connectivity index is 0.00000385. The molecule has 6 nitrogen and oxygen atoms in total. The number of fused-ring (bicyclic) bond motifs is 1. The molecule has 0 fully saturated rings. The molecule has 1 unspecified atom stereocenters. The number of rotatable bonds is 5. The Morgan fingerprint density at radius 2 is 1.57 bits per heavy atom. The summed E-state index contributed by atoms with van der Waals surface area (Å²) in [4.78, 5) is 12.8. The second-order valence-electron chi connectivity index (χ2n) is 11.4. The van der Waals surface area contributed by atoms with Crippen LogP contribution in [0.4, 0.5) is 5.69 Å². The van der Waals surface area contributed by atoms with Gasteiger partial charge in [-0.25, -0.2) is 0 Å². The maximum absolute atomic E-state index is 12.8. The molecular weight excluding hydrogens is 485 g/mol. The Bertz CT molecular complexity index is 1020. The van der Waals surface area contributed by atoms with Crippen molar-refractivity contribution in [1.82, 2.24) is 0 Å². The van der Waals surface area contributed by atoms with Gasteiger partial charge in [0.2, 0.25) is 5.91 Å². The number of aliphatic hydroxyl groups excluding tert-OH is 1. The van der Waals surface area contributed by atoms with Crippen LogP contribution in [0.5, 0.6) is 5.75 Å². The van der Waals surface area contributed by atoms with Crippen LogP contribution in [-0.2, 0) is 39.2 Å². The monoisotopic (exact) mass is 524 g/mol. The third-order valence-electron chi connectivity index (χ3n) is 6.25. The first-order valence-corrected chi connectivity index (χ1v) is 11.6. The van der Waals surface area contributed by atoms with E-state index >= 15 is 0 Å². The zero-order valence-electron chi connectivity index (χ0n) is 22.3. The van der Waals surface area contributed by atoms with Gasteiger partial charge in [0.1, 0.15) is 17.5 Å². The van der Waals surface area contributed by atoms with Crippen molar-refractivity contribution in [3.63, 3.8) is 0 Å². The van der Waals surface area contributed by atoms with Gasteiger partial charge in [0.05, 0.1) is 0 Å². The zero-order chi connectivity index (χ0) is 24.0. The fraction of sp³-hybridized carbons (Fsp3) is 0.536. The largest absolute Gasteiger partial charge is 2.00 e. The van der Waals surface area contributed by atoms with Gasteiger partial charge in [0.25, 0.3) is 0 Å². The number of amides is 1. The molecule has 0 aliphatic carbocycles. The maximum atomic E-state index is 12.8. The van der Waals surface area contributed by atoms with Gasteiger partial charge in [-0.1, -0.05) is 58.9 Å². The van der Waals surface area contributed by atoms with Crippen molar-refractivity contribution in [1.29, 1.82) is 0 Å². The van der Waals surface area contributed by atoms with Crippen molar-refractivity contribution in [2.75, 3.05) is 5.32 Å². The average molecular weight is 525 g/mol. The molecule has 2 aromatic rings. The number of carbonyl (C=O) groups excluding carboxylic acids is 1. The fourth-order valence-electron chi connectivity index (χ4n) is 4.55. The fourth-order valence-corrected chi connectivity index (χ4v) is 4.55. The molecule has 7 heteroatoms. The smallest absolute Gasteiger partial charge is 0.224 e. The first-order valence-electron chi connectivity index (χ1n) is 11.6. The van der Waals surface area contributed by atoms with Gasteiger partial charge < -0.3 is 26.1 Å². The molecule has 1 aliphatic rings. The molecule has 0 aromatic heterocycles. The van der Waals surface area contributed by atoms with E-state index in [-0.39, 0.29) is 44.9 Å². The van der Waals surface area contributed by atoms with Gasteiger partial charge in [0.15, 0.2) is 0 Å². The molecule has 0 saturated heterocycles. The molecule has 0 bridgehead atoms. The van der Waals surface area contributed by atoms with Gasteiger partial charge in [-0.3, -0.25) is 4.79 Å². The van der Waals surface area contributed by atoms with E-state index in [0.717, 1.165) is 45.7 Å². The molecule has 2 aromatic carbocycles. The number of benzene rings is 2. The van der Waals surface area contributed by atoms with E-state index in [1.54, 1.807) is 0 Å². The Hall–Kier alpha value is -1.89. The molecule has 0 spiro atoms. The van der Waals surface area contributed by atoms with E-state index in [4.69, 9.17) is 4.74 Å². The number of nitrogens with one attached hydrogen (secondary N) is 1. The SMILES string of the molecule is Cc1c2c(c(C(O)c3ccc(C(C)C)cc3)c(C)c1NC(=O)CC(C)(C)C)OC(C)(C)C2.[Mn].[O-2].[O-2]. The van der Waals surface area contributed by atoms with Crippen LogP contribution in [0.1, 0.15) is 100 Å². The van der Waals surface area contributed by atoms with Crippen LogP contribution in [0.3, 0.4) is 0 Å². The van der Waals surface area contributed by atoms with Crippen molar-refractivity contribution in [3.05, 3.63) is 57.6 Å². The summed E-state index contributed by atoms with van der Waals surface area (Å²) < 4.78 is 6.36. The van der Waals surface area contributed by atoms with Crippen LogP contribution in [-0.4, -0.2) is 16.6 Å². The van der Waals surface area contributed by atoms with Crippen molar-refractivity contribution in [3.8, 4) is 5.75 Å². The van der Waals surface area contributed by atoms with Crippen LogP contribution in [0.25, 0.3) is 0 Å². The summed E-state index contributed by atoms with van der Waals surface area (Å²) in [6.07, 6.45) is 0.333. The molecule has 1 radical (unpaired) electrons. The molecule has 35 heavy (non-hydrogen) atoms. The van der Waals surface area contributed by atoms with Crippen molar-refractivity contribution in [2.45, 2.75) is 92.8 Å². The van der Waals surface area contributed by atoms with Crippen molar-refractivity contribution in [2.24, 2.45) is 5.41 Å². The molecule has 2 N–H and O–H groups in total. The summed E-state index contributed by atoms with van der Waals surface area (Å²) >= 11 is 0. The van der Waals surface area contributed by atoms with Gasteiger partial charge in [-0.05, 0) is 61.3 Å². The van der Waals surface area contributed by atoms with E-state index in [1.165, 1.54) is 5.56 Å². The summed E-state index contributed by atoms with van der Waals surface area (Å²) in [5.74, 6) is 1.18. The van der Waals surface area contributed by atoms with Gasteiger partial charge in [-0.2, -0.15) is 0 Å². The summed E-state index contributed by atoms with van der Waals surface area (Å²) in [5, 5.41) is 14.6. The summed E-state index contributed by atoms with van der Waals surface area (Å²) in [6.45, 7) is 18.6. The Labute approximate surface area is 220 Å². The number of anilines is 1. The molecule has 197 valence electrons. The quantitative estimate of drug-likeness (QED) is 0.444. The minimum absolute atomic E-state index is 0. The van der Waals surface area contributed by atoms with Gasteiger partial charge in [0, 0.05) is 46.7 Å². The van der Waals surface area contributed by atoms with Crippen LogP contribution in [0.2, 0.25) is 0 Å². The Morgan fingerprint density at radius 1 is 1.06 bits per heavy atom. The van der Waals surface area contributed by atoms with Crippen LogP contribution >= 0.6 is 0 Å². The van der Waals surface area contributed by atoms with Crippen LogP contribution in [0, 0.1) is 19.3 Å². The third-order valence-corrected chi connectivity index (χ3v) is 6.25. The molecule has 1 amide bonds. The predicted octanol–water partition coefficient (Wildman–Crippen LogP) is 6.36. The van der Waals surface area contributed by atoms with Gasteiger partial charge >= 0.3 is 0 Å². The normalized spacial score (nSPS) is 14.6. The minimum Gasteiger partial charge on any atom is -2.00 e. The molecule has 1 heterocycles. The van der Waals surface area contributed by atoms with Crippen LogP contribution in [0.15, 0.2) is 24.3 Å². The second kappa shape index (κ2) is 11.9. The van der Waals surface area contributed by atoms with Crippen molar-refractivity contribution >= 4 is 11.6 Å². The number of aliphatic hydroxyl groups is 1. The third kappa shape index (κ3) is 7.31. The molecule has 1 aliphatic heterocycles. The summed E-state index contributed by atoms with van der Waals surface area (Å²) in [7, 11) is 0. The van der Waals surface area contributed by atoms with E-state index in [2.05, 4.69) is 65.9 Å². The minimum atomic E-state index is -0.835. The van der Waals surface area contributed by atoms with E-state index in [0.29, 0.717) is 12.3 Å². The van der Waals surface area contributed by atoms with Crippen molar-refractivity contribution < 1.29 is 42.7 Å². The second-order valence-corrected chi connectivity index (χ2v) is 11.4. The predicted molar refractivity (Wildman–Crippen MR) is 133 cm³/mol. The molecule has 1 atom stereocenters. The van der Waals surface area contributed by atoms with E-state index in [1.807, 2.05) is 26.0 Å². The number of carbonyl (C=O) groups is 1. The Morgan fingerprint density at radius 3 is 2.06 bits per heavy atom. The topological polar surface area (TPSA) is 116 Å². The standard InChI is InChI=1S/C28H39NO3.Mn.2O/c1-16(2)19-10-12-20(13-11-19)25(31)23-18(4)24(29-22(30)15-27(5,6)7)17(3)21-14-28(8,9)32-26(21)23;;;/h10-13,16,25,31H,14-15H2,1-9H3,(H,29,30);;;/q;;2*-2. The maximum Gasteiger partial charge on any atom is 0.224 e. The number of hydrogen-bond acceptors (Lipinski definition) is 3. The first kappa shape index (κ1) is 33.1. The summed E-state index contributed by atoms with van der Waals surface area (Å²) in [5.41, 5.74) is 6.10. The van der Waals surface area contributed by atoms with E-state index in [9.17, 15) is 9.90 Å². The van der Waals surface area contributed by atoms with Crippen LogP contribution < -0.4 is 10.1 Å². The van der Waals surface area contributed by atoms with Gasteiger partial charge in [-0.15, -0.1) is 0 Å². The Kier molecular flexibility index (Phi) is 11.3. The molecule has 0 saturated carbocycles. The summed E-state index contributed by atoms with van der Waals surface area (Å²) in [6, 6.07) is 8.13. The first-order chi connectivity index (χ1) is 14.7. The molecular formula is C28H39MnNO5-4. The van der Waals surface area contributed by atoms with E-state index < -0.39 is 6.10 Å². The number of hydrogen-bond donors (Lipinski definition) is 2. The number of ether oxygens (including phenoxy) is 1.